The first-order valence-corrected chi connectivity index (χ1v) is 30.7. The fraction of sp³-hybridized carbons (Fsp3) is 0.492. The molecule has 5 aliphatic heterocycles. The van der Waals surface area contributed by atoms with Crippen LogP contribution in [0.2, 0.25) is 15.1 Å². The van der Waals surface area contributed by atoms with E-state index in [1.807, 2.05) is 59.1 Å². The van der Waals surface area contributed by atoms with Gasteiger partial charge in [0.1, 0.15) is 27.9 Å². The Balaban J connectivity index is 0.000000151. The molecular formula is C61H77BCl3N15O8. The first-order chi connectivity index (χ1) is 42.1. The number of hydrogen-bond acceptors (Lipinski definition) is 18. The molecule has 7 aromatic heterocycles. The predicted molar refractivity (Wildman–Crippen MR) is 342 cm³/mol. The Morgan fingerprint density at radius 3 is 1.61 bits per heavy atom. The summed E-state index contributed by atoms with van der Waals surface area (Å²) < 4.78 is 16.3. The summed E-state index contributed by atoms with van der Waals surface area (Å²) in [6.45, 7) is 20.3. The van der Waals surface area contributed by atoms with Crippen LogP contribution in [0.1, 0.15) is 110 Å². The Kier molecular flexibility index (Phi) is 23.8. The smallest absolute Gasteiger partial charge is 0.410 e. The molecule has 0 bridgehead atoms. The number of rotatable bonds is 11. The standard InChI is InChI=1S/C22H25ClN6O2.C12H18ClN3.C10H8BN3O3.C10H20N2O2.C7H6ClNO/c1-14-18(23)8-15(9-24-14)10-25-16-4-6-27(7-5-16)12-17-13-28-20(30)3-2-19-22(28)29(17)21(31)11-26-19;1-9-12(13)6-10(7-15-9)8-16-11-2-4-14-5-3-11;11-17-5-6-4-13-8(15)2-1-7-10(13)14(6)9(16)3-12-7;1-10(2,3)14-9(13)12-6-4-8(11)5-7-12;1-5-7(8)2-6(4-10)3-9-5/h2-3,8-9,11,16-17,25H,4-7,10,12-13H2,1H3;6-7,11,14,16H,2-5,8H2,1H3;1-3,6H,4-5H2;8H,4-7,11H2,1-3H3;2-4H,1H3/t17-;;6-;;/m1.0../s1. The molecule has 27 heteroatoms. The topological polar surface area (TPSA) is 274 Å². The average molecular weight is 1270 g/mol. The quantitative estimate of drug-likeness (QED) is 0.0851. The van der Waals surface area contributed by atoms with Crippen molar-refractivity contribution < 1.29 is 19.0 Å². The minimum atomic E-state index is -0.406. The number of likely N-dealkylation sites (tertiary alicyclic amines) is 2. The highest BCUT2D eigenvalue weighted by molar-refractivity contribution is 6.31. The second-order valence-electron chi connectivity index (χ2n) is 23.5. The van der Waals surface area contributed by atoms with E-state index in [0.29, 0.717) is 63.1 Å². The first-order valence-electron chi connectivity index (χ1n) is 29.6. The largest absolute Gasteiger partial charge is 0.445 e. The summed E-state index contributed by atoms with van der Waals surface area (Å²) in [6, 6.07) is 12.8. The molecule has 468 valence electrons. The third kappa shape index (κ3) is 18.0. The van der Waals surface area contributed by atoms with Gasteiger partial charge >= 0.3 is 6.09 Å². The number of nitrogens with zero attached hydrogens (tertiary/aromatic N) is 11. The van der Waals surface area contributed by atoms with Gasteiger partial charge in [-0.2, -0.15) is 0 Å². The second-order valence-corrected chi connectivity index (χ2v) is 24.7. The number of nitrogens with one attached hydrogen (secondary N) is 3. The third-order valence-corrected chi connectivity index (χ3v) is 16.9. The number of amides is 1. The van der Waals surface area contributed by atoms with Crippen molar-refractivity contribution in [2.75, 3.05) is 52.4 Å². The molecule has 5 N–H and O–H groups in total. The van der Waals surface area contributed by atoms with E-state index < -0.39 is 5.60 Å². The van der Waals surface area contributed by atoms with Crippen LogP contribution in [0.4, 0.5) is 4.79 Å². The normalized spacial score (nSPS) is 17.6. The summed E-state index contributed by atoms with van der Waals surface area (Å²) in [4.78, 5) is 94.9. The zero-order valence-corrected chi connectivity index (χ0v) is 52.9. The van der Waals surface area contributed by atoms with Crippen molar-refractivity contribution in [3.8, 4) is 0 Å². The van der Waals surface area contributed by atoms with Crippen molar-refractivity contribution in [2.45, 2.75) is 142 Å². The van der Waals surface area contributed by atoms with E-state index in [9.17, 15) is 28.8 Å². The van der Waals surface area contributed by atoms with Crippen molar-refractivity contribution in [1.29, 1.82) is 0 Å². The zero-order chi connectivity index (χ0) is 63.2. The number of ether oxygens (including phenoxy) is 1. The van der Waals surface area contributed by atoms with Gasteiger partial charge in [0.2, 0.25) is 0 Å². The first kappa shape index (κ1) is 67.2. The summed E-state index contributed by atoms with van der Waals surface area (Å²) in [5, 5.41) is 12.5. The number of halogens is 3. The van der Waals surface area contributed by atoms with Gasteiger partial charge in [-0.05, 0) is 148 Å². The second kappa shape index (κ2) is 31.1. The number of carbonyl (C=O) groups is 2. The molecule has 0 aliphatic carbocycles. The highest BCUT2D eigenvalue weighted by atomic mass is 35.5. The molecule has 3 saturated heterocycles. The fourth-order valence-electron chi connectivity index (χ4n) is 10.9. The van der Waals surface area contributed by atoms with Gasteiger partial charge < -0.3 is 40.9 Å². The number of piperidine rings is 3. The van der Waals surface area contributed by atoms with Crippen molar-refractivity contribution in [3.63, 3.8) is 0 Å². The minimum Gasteiger partial charge on any atom is -0.445 e. The zero-order valence-electron chi connectivity index (χ0n) is 50.6. The lowest BCUT2D eigenvalue weighted by molar-refractivity contribution is 0.0206. The van der Waals surface area contributed by atoms with Crippen LogP contribution in [0.15, 0.2) is 92.6 Å². The van der Waals surface area contributed by atoms with Crippen molar-refractivity contribution in [3.05, 3.63) is 164 Å². The average Bonchev–Trinajstić information content (AvgIpc) is 2.72. The van der Waals surface area contributed by atoms with Crippen LogP contribution in [0, 0.1) is 20.8 Å². The molecule has 12 heterocycles. The number of aromatic nitrogens is 9. The Bertz CT molecular complexity index is 3790. The summed E-state index contributed by atoms with van der Waals surface area (Å²) in [6.07, 6.45) is 14.6. The van der Waals surface area contributed by atoms with E-state index in [4.69, 9.17) is 53.3 Å². The summed E-state index contributed by atoms with van der Waals surface area (Å²) in [5.74, 6) is 0. The number of nitrogens with two attached hydrogens (primary N) is 1. The van der Waals surface area contributed by atoms with E-state index in [1.165, 1.54) is 52.7 Å². The molecule has 88 heavy (non-hydrogen) atoms. The van der Waals surface area contributed by atoms with Crippen molar-refractivity contribution in [1.82, 2.24) is 68.9 Å². The van der Waals surface area contributed by atoms with E-state index in [0.717, 1.165) is 124 Å². The molecule has 0 aromatic carbocycles. The maximum absolute atomic E-state index is 12.5. The third-order valence-electron chi connectivity index (χ3n) is 15.8. The lowest BCUT2D eigenvalue weighted by atomic mass is 10.0. The van der Waals surface area contributed by atoms with E-state index in [1.54, 1.807) is 39.2 Å². The fourth-order valence-corrected chi connectivity index (χ4v) is 11.4. The van der Waals surface area contributed by atoms with Gasteiger partial charge in [0, 0.05) is 100 Å². The lowest BCUT2D eigenvalue weighted by Crippen LogP contribution is -2.44. The summed E-state index contributed by atoms with van der Waals surface area (Å²) >= 11 is 17.9. The Labute approximate surface area is 526 Å². The van der Waals surface area contributed by atoms with Gasteiger partial charge in [0.25, 0.3) is 30.3 Å². The molecule has 23 nitrogen and oxygen atoms in total. The SMILES string of the molecule is CC(C)(C)OC(=O)N1CCC(N)CC1.Cc1ncc(C=O)cc1Cl.Cc1ncc(CNC2CCN(C[C@@H]3Cn4c(=O)ccc5ncc(=O)n3c54)CC2)cc1Cl.Cc1ncc(CNC2CCNCC2)cc1Cl.[B]OC[C@@H]1Cn2c(=O)ccc3ncc(=O)n1c32. The molecule has 0 spiro atoms. The van der Waals surface area contributed by atoms with Gasteiger partial charge in [0.15, 0.2) is 6.29 Å². The van der Waals surface area contributed by atoms with Gasteiger partial charge in [-0.3, -0.25) is 57.2 Å². The van der Waals surface area contributed by atoms with E-state index in [2.05, 4.69) is 50.4 Å². The van der Waals surface area contributed by atoms with E-state index in [-0.39, 0.29) is 53.1 Å². The van der Waals surface area contributed by atoms with Crippen molar-refractivity contribution >= 4 is 77.6 Å². The van der Waals surface area contributed by atoms with Crippen LogP contribution in [-0.2, 0) is 35.6 Å². The molecule has 1 amide bonds. The van der Waals surface area contributed by atoms with Crippen LogP contribution in [0.25, 0.3) is 22.3 Å². The maximum Gasteiger partial charge on any atom is 0.410 e. The maximum atomic E-state index is 12.5. The summed E-state index contributed by atoms with van der Waals surface area (Å²) in [5.41, 5.74) is 12.4. The highest BCUT2D eigenvalue weighted by Crippen LogP contribution is 2.26. The molecule has 0 unspecified atom stereocenters. The van der Waals surface area contributed by atoms with Gasteiger partial charge in [-0.25, -0.2) is 14.8 Å². The molecule has 2 radical (unpaired) electrons. The van der Waals surface area contributed by atoms with Crippen LogP contribution < -0.4 is 43.9 Å². The monoisotopic (exact) mass is 1260 g/mol. The molecule has 2 atom stereocenters. The summed E-state index contributed by atoms with van der Waals surface area (Å²) in [7, 11) is 5.04. The van der Waals surface area contributed by atoms with Crippen LogP contribution in [0.3, 0.4) is 0 Å². The van der Waals surface area contributed by atoms with Crippen LogP contribution >= 0.6 is 34.8 Å². The predicted octanol–water partition coefficient (Wildman–Crippen LogP) is 6.02. The number of carbonyl (C=O) groups excluding carboxylic acids is 2. The molecule has 12 rings (SSSR count). The van der Waals surface area contributed by atoms with E-state index >= 15 is 0 Å². The Morgan fingerprint density at radius 1 is 0.659 bits per heavy atom. The van der Waals surface area contributed by atoms with Gasteiger partial charge in [-0.15, -0.1) is 0 Å². The molecule has 0 saturated carbocycles. The van der Waals surface area contributed by atoms with Crippen LogP contribution in [-0.4, -0.2) is 150 Å². The lowest BCUT2D eigenvalue weighted by Gasteiger charge is -2.34. The highest BCUT2D eigenvalue weighted by Gasteiger charge is 2.31. The molecule has 3 fully saturated rings. The van der Waals surface area contributed by atoms with Gasteiger partial charge in [0.05, 0.1) is 63.2 Å². The number of hydrogen-bond donors (Lipinski definition) is 4. The number of pyridine rings is 5. The molecular weight excluding hydrogens is 1190 g/mol. The Hall–Kier alpha value is -6.74. The van der Waals surface area contributed by atoms with Gasteiger partial charge in [-0.1, -0.05) is 34.8 Å². The number of aryl methyl sites for hydroxylation is 3. The Morgan fingerprint density at radius 2 is 1.14 bits per heavy atom. The minimum absolute atomic E-state index is 0.0432. The number of aldehydes is 1. The molecule has 7 aromatic rings. The van der Waals surface area contributed by atoms with Crippen molar-refractivity contribution in [2.24, 2.45) is 5.73 Å². The van der Waals surface area contributed by atoms with Crippen LogP contribution in [0.5, 0.6) is 0 Å². The molecule has 5 aliphatic rings.